The molecule has 0 aromatic heterocycles. The minimum Gasteiger partial charge on any atom is -0.354 e. The first kappa shape index (κ1) is 27.8. The van der Waals surface area contributed by atoms with Crippen LogP contribution in [0.15, 0.2) is 59.1 Å². The summed E-state index contributed by atoms with van der Waals surface area (Å²) in [7, 11) is -1.12. The standard InChI is InChI=1S/C24H33BrN4O4S/c1-5-6-16-26-24(31)19(2)28(17-20-12-14-21(25)15-13-20)23(30)18-29(34(32,33)27(3)4)22-10-8-7-9-11-22/h7-15,19H,5-6,16-18H2,1-4H3,(H,26,31). The van der Waals surface area contributed by atoms with Crippen molar-refractivity contribution in [3.05, 3.63) is 64.6 Å². The SMILES string of the molecule is CCCCNC(=O)C(C)N(Cc1ccc(Br)cc1)C(=O)CN(c1ccccc1)S(=O)(=O)N(C)C. The normalized spacial score (nSPS) is 12.3. The fourth-order valence-corrected chi connectivity index (χ4v) is 4.54. The van der Waals surface area contributed by atoms with E-state index in [-0.39, 0.29) is 12.5 Å². The van der Waals surface area contributed by atoms with E-state index in [1.54, 1.807) is 37.3 Å². The van der Waals surface area contributed by atoms with Crippen LogP contribution in [0.2, 0.25) is 0 Å². The second kappa shape index (κ2) is 12.9. The number of rotatable bonds is 12. The molecular formula is C24H33BrN4O4S. The first-order valence-corrected chi connectivity index (χ1v) is 13.3. The Labute approximate surface area is 211 Å². The number of anilines is 1. The number of carbonyl (C=O) groups excluding carboxylic acids is 2. The number of halogens is 1. The van der Waals surface area contributed by atoms with Gasteiger partial charge in [-0.25, -0.2) is 4.31 Å². The lowest BCUT2D eigenvalue weighted by Crippen LogP contribution is -2.52. The Kier molecular flexibility index (Phi) is 10.5. The molecule has 8 nitrogen and oxygen atoms in total. The third-order valence-corrected chi connectivity index (χ3v) is 7.67. The van der Waals surface area contributed by atoms with Crippen molar-refractivity contribution >= 4 is 43.6 Å². The van der Waals surface area contributed by atoms with Crippen LogP contribution in [0.25, 0.3) is 0 Å². The molecule has 0 aliphatic heterocycles. The Morgan fingerprint density at radius 2 is 1.65 bits per heavy atom. The zero-order valence-corrected chi connectivity index (χ0v) is 22.5. The maximum Gasteiger partial charge on any atom is 0.304 e. The van der Waals surface area contributed by atoms with E-state index in [4.69, 9.17) is 0 Å². The monoisotopic (exact) mass is 552 g/mol. The van der Waals surface area contributed by atoms with Gasteiger partial charge in [-0.05, 0) is 43.2 Å². The van der Waals surface area contributed by atoms with Crippen molar-refractivity contribution in [1.29, 1.82) is 0 Å². The summed E-state index contributed by atoms with van der Waals surface area (Å²) >= 11 is 3.40. The first-order chi connectivity index (χ1) is 16.1. The number of para-hydroxylation sites is 1. The molecule has 34 heavy (non-hydrogen) atoms. The fourth-order valence-electron chi connectivity index (χ4n) is 3.22. The summed E-state index contributed by atoms with van der Waals surface area (Å²) in [6.07, 6.45) is 1.77. The number of unbranched alkanes of at least 4 members (excludes halogenated alkanes) is 1. The molecule has 1 N–H and O–H groups in total. The maximum atomic E-state index is 13.6. The van der Waals surface area contributed by atoms with Crippen LogP contribution in [0.1, 0.15) is 32.3 Å². The van der Waals surface area contributed by atoms with Crippen LogP contribution in [-0.2, 0) is 26.3 Å². The number of amides is 2. The Morgan fingerprint density at radius 3 is 2.21 bits per heavy atom. The second-order valence-corrected chi connectivity index (χ2v) is 11.1. The average Bonchev–Trinajstić information content (AvgIpc) is 2.82. The third-order valence-electron chi connectivity index (χ3n) is 5.33. The van der Waals surface area contributed by atoms with Gasteiger partial charge in [-0.15, -0.1) is 0 Å². The Morgan fingerprint density at radius 1 is 1.03 bits per heavy atom. The fraction of sp³-hybridized carbons (Fsp3) is 0.417. The molecule has 0 aliphatic rings. The van der Waals surface area contributed by atoms with Crippen molar-refractivity contribution in [3.63, 3.8) is 0 Å². The van der Waals surface area contributed by atoms with Crippen molar-refractivity contribution in [2.75, 3.05) is 31.5 Å². The van der Waals surface area contributed by atoms with E-state index in [0.717, 1.165) is 31.5 Å². The van der Waals surface area contributed by atoms with E-state index < -0.39 is 28.7 Å². The smallest absolute Gasteiger partial charge is 0.304 e. The van der Waals surface area contributed by atoms with Gasteiger partial charge < -0.3 is 10.2 Å². The first-order valence-electron chi connectivity index (χ1n) is 11.1. The van der Waals surface area contributed by atoms with Crippen LogP contribution < -0.4 is 9.62 Å². The van der Waals surface area contributed by atoms with Crippen molar-refractivity contribution < 1.29 is 18.0 Å². The molecule has 0 radical (unpaired) electrons. The minimum atomic E-state index is -3.95. The lowest BCUT2D eigenvalue weighted by atomic mass is 10.1. The summed E-state index contributed by atoms with van der Waals surface area (Å²) in [6.45, 7) is 3.94. The molecule has 1 atom stereocenters. The number of nitrogens with zero attached hydrogens (tertiary/aromatic N) is 3. The summed E-state index contributed by atoms with van der Waals surface area (Å²) in [5, 5.41) is 2.87. The van der Waals surface area contributed by atoms with Gasteiger partial charge in [0.2, 0.25) is 11.8 Å². The molecule has 2 aromatic carbocycles. The summed E-state index contributed by atoms with van der Waals surface area (Å²) < 4.78 is 29.1. The summed E-state index contributed by atoms with van der Waals surface area (Å²) in [5.74, 6) is -0.754. The van der Waals surface area contributed by atoms with Gasteiger partial charge in [-0.2, -0.15) is 12.7 Å². The van der Waals surface area contributed by atoms with Gasteiger partial charge in [-0.3, -0.25) is 9.59 Å². The number of nitrogens with one attached hydrogen (secondary N) is 1. The highest BCUT2D eigenvalue weighted by atomic mass is 79.9. The highest BCUT2D eigenvalue weighted by Gasteiger charge is 2.32. The Bertz CT molecular complexity index is 1050. The zero-order valence-electron chi connectivity index (χ0n) is 20.1. The van der Waals surface area contributed by atoms with Gasteiger partial charge in [0.1, 0.15) is 12.6 Å². The topological polar surface area (TPSA) is 90.0 Å². The third kappa shape index (κ3) is 7.54. The van der Waals surface area contributed by atoms with Crippen LogP contribution in [-0.4, -0.2) is 62.7 Å². The molecule has 0 spiro atoms. The lowest BCUT2D eigenvalue weighted by Gasteiger charge is -2.32. The Hall–Kier alpha value is -2.43. The number of benzene rings is 2. The Balaban J connectivity index is 2.37. The number of hydrogen-bond acceptors (Lipinski definition) is 4. The summed E-state index contributed by atoms with van der Waals surface area (Å²) in [4.78, 5) is 27.8. The second-order valence-electron chi connectivity index (χ2n) is 8.10. The van der Waals surface area contributed by atoms with E-state index in [0.29, 0.717) is 12.2 Å². The molecule has 0 fully saturated rings. The molecule has 1 unspecified atom stereocenters. The van der Waals surface area contributed by atoms with Crippen LogP contribution in [0.3, 0.4) is 0 Å². The molecule has 2 aromatic rings. The van der Waals surface area contributed by atoms with E-state index in [1.807, 2.05) is 31.2 Å². The van der Waals surface area contributed by atoms with Gasteiger partial charge in [0.25, 0.3) is 0 Å². The summed E-state index contributed by atoms with van der Waals surface area (Å²) in [6, 6.07) is 15.1. The average molecular weight is 554 g/mol. The van der Waals surface area contributed by atoms with Gasteiger partial charge >= 0.3 is 10.2 Å². The summed E-state index contributed by atoms with van der Waals surface area (Å²) in [5.41, 5.74) is 1.19. The quantitative estimate of drug-likeness (QED) is 0.408. The maximum absolute atomic E-state index is 13.6. The largest absolute Gasteiger partial charge is 0.354 e. The van der Waals surface area contributed by atoms with E-state index >= 15 is 0 Å². The molecule has 186 valence electrons. The zero-order chi connectivity index (χ0) is 25.3. The van der Waals surface area contributed by atoms with Crippen LogP contribution in [0.5, 0.6) is 0 Å². The van der Waals surface area contributed by atoms with Crippen LogP contribution in [0, 0.1) is 0 Å². The lowest BCUT2D eigenvalue weighted by molar-refractivity contribution is -0.139. The van der Waals surface area contributed by atoms with Gasteiger partial charge in [0.15, 0.2) is 0 Å². The van der Waals surface area contributed by atoms with Crippen molar-refractivity contribution in [3.8, 4) is 0 Å². The molecule has 0 saturated heterocycles. The predicted octanol–water partition coefficient (Wildman–Crippen LogP) is 3.40. The van der Waals surface area contributed by atoms with E-state index in [2.05, 4.69) is 21.2 Å². The molecule has 0 aliphatic carbocycles. The highest BCUT2D eigenvalue weighted by Crippen LogP contribution is 2.21. The molecular weight excluding hydrogens is 520 g/mol. The van der Waals surface area contributed by atoms with Crippen molar-refractivity contribution in [1.82, 2.24) is 14.5 Å². The van der Waals surface area contributed by atoms with E-state index in [9.17, 15) is 18.0 Å². The molecule has 2 rings (SSSR count). The predicted molar refractivity (Wildman–Crippen MR) is 138 cm³/mol. The van der Waals surface area contributed by atoms with Crippen molar-refractivity contribution in [2.24, 2.45) is 0 Å². The van der Waals surface area contributed by atoms with Crippen molar-refractivity contribution in [2.45, 2.75) is 39.3 Å². The van der Waals surface area contributed by atoms with E-state index in [1.165, 1.54) is 19.0 Å². The van der Waals surface area contributed by atoms with Crippen LogP contribution >= 0.6 is 15.9 Å². The van der Waals surface area contributed by atoms with Crippen LogP contribution in [0.4, 0.5) is 5.69 Å². The number of hydrogen-bond donors (Lipinski definition) is 1. The van der Waals surface area contributed by atoms with Gasteiger partial charge in [-0.1, -0.05) is 59.6 Å². The highest BCUT2D eigenvalue weighted by molar-refractivity contribution is 9.10. The molecule has 0 heterocycles. The van der Waals surface area contributed by atoms with Gasteiger partial charge in [0, 0.05) is 31.7 Å². The van der Waals surface area contributed by atoms with Gasteiger partial charge in [0.05, 0.1) is 5.69 Å². The molecule has 2 amide bonds. The number of carbonyl (C=O) groups is 2. The minimum absolute atomic E-state index is 0.166. The molecule has 10 heteroatoms. The molecule has 0 bridgehead atoms. The molecule has 0 saturated carbocycles.